The molecule has 1 aliphatic rings. The molecule has 1 amide bonds. The highest BCUT2D eigenvalue weighted by Crippen LogP contribution is 2.18. The number of carbonyl (C=O) groups is 1. The largest absolute Gasteiger partial charge is 0.370 e. The van der Waals surface area contributed by atoms with Gasteiger partial charge in [-0.05, 0) is 38.3 Å². The van der Waals surface area contributed by atoms with Crippen LogP contribution in [0.4, 0.5) is 5.69 Å². The highest BCUT2D eigenvalue weighted by Gasteiger charge is 2.13. The molecule has 1 atom stereocenters. The van der Waals surface area contributed by atoms with E-state index >= 15 is 0 Å². The van der Waals surface area contributed by atoms with E-state index in [1.807, 2.05) is 25.3 Å². The van der Waals surface area contributed by atoms with E-state index in [4.69, 9.17) is 0 Å². The molecule has 4 heteroatoms. The number of hydrogen-bond acceptors (Lipinski definition) is 3. The molecular formula is C16H25N3O. The van der Waals surface area contributed by atoms with Crippen molar-refractivity contribution in [3.63, 3.8) is 0 Å². The van der Waals surface area contributed by atoms with Crippen molar-refractivity contribution in [3.8, 4) is 0 Å². The lowest BCUT2D eigenvalue weighted by atomic mass is 10.2. The van der Waals surface area contributed by atoms with Gasteiger partial charge in [0.2, 0.25) is 0 Å². The molecule has 4 nitrogen and oxygen atoms in total. The molecule has 0 aliphatic carbocycles. The molecule has 0 saturated carbocycles. The van der Waals surface area contributed by atoms with Crippen LogP contribution in [0.25, 0.3) is 0 Å². The zero-order chi connectivity index (χ0) is 14.4. The van der Waals surface area contributed by atoms with E-state index in [-0.39, 0.29) is 11.9 Å². The maximum absolute atomic E-state index is 12.0. The third kappa shape index (κ3) is 3.95. The van der Waals surface area contributed by atoms with Crippen molar-refractivity contribution in [2.75, 3.05) is 18.0 Å². The van der Waals surface area contributed by atoms with Crippen molar-refractivity contribution in [1.29, 1.82) is 0 Å². The maximum Gasteiger partial charge on any atom is 0.270 e. The molecular weight excluding hydrogens is 250 g/mol. The van der Waals surface area contributed by atoms with Crippen molar-refractivity contribution in [1.82, 2.24) is 10.3 Å². The van der Waals surface area contributed by atoms with Gasteiger partial charge < -0.3 is 10.2 Å². The summed E-state index contributed by atoms with van der Waals surface area (Å²) in [7, 11) is 0. The van der Waals surface area contributed by atoms with Crippen molar-refractivity contribution >= 4 is 11.6 Å². The molecule has 2 heterocycles. The van der Waals surface area contributed by atoms with Crippen LogP contribution in [0.2, 0.25) is 0 Å². The Balaban J connectivity index is 2.00. The smallest absolute Gasteiger partial charge is 0.270 e. The fraction of sp³-hybridized carbons (Fsp3) is 0.625. The molecule has 0 spiro atoms. The first-order chi connectivity index (χ1) is 9.70. The first kappa shape index (κ1) is 14.8. The third-order valence-corrected chi connectivity index (χ3v) is 3.94. The average molecular weight is 275 g/mol. The molecule has 110 valence electrons. The van der Waals surface area contributed by atoms with E-state index in [1.54, 1.807) is 0 Å². The molecule has 0 bridgehead atoms. The number of rotatable bonds is 4. The van der Waals surface area contributed by atoms with Crippen LogP contribution >= 0.6 is 0 Å². The average Bonchev–Trinajstić information content (AvgIpc) is 2.76. The Kier molecular flexibility index (Phi) is 5.39. The van der Waals surface area contributed by atoms with E-state index in [9.17, 15) is 4.79 Å². The lowest BCUT2D eigenvalue weighted by molar-refractivity contribution is 0.0934. The van der Waals surface area contributed by atoms with Crippen molar-refractivity contribution in [2.45, 2.75) is 52.0 Å². The zero-order valence-corrected chi connectivity index (χ0v) is 12.6. The van der Waals surface area contributed by atoms with Crippen LogP contribution in [0, 0.1) is 0 Å². The van der Waals surface area contributed by atoms with E-state index in [2.05, 4.69) is 22.1 Å². The Hall–Kier alpha value is -1.58. The number of carbonyl (C=O) groups excluding carboxylic acids is 1. The van der Waals surface area contributed by atoms with Gasteiger partial charge in [0, 0.05) is 19.1 Å². The molecule has 1 fully saturated rings. The standard InChI is InChI=1S/C16H25N3O/c1-3-13(2)18-16(20)15-9-8-14(12-17-15)19-10-6-4-5-7-11-19/h8-9,12-13H,3-7,10-11H2,1-2H3,(H,18,20). The second-order valence-electron chi connectivity index (χ2n) is 5.59. The van der Waals surface area contributed by atoms with Crippen molar-refractivity contribution in [3.05, 3.63) is 24.0 Å². The van der Waals surface area contributed by atoms with Crippen LogP contribution in [-0.4, -0.2) is 30.0 Å². The summed E-state index contributed by atoms with van der Waals surface area (Å²) in [6.45, 7) is 6.25. The fourth-order valence-corrected chi connectivity index (χ4v) is 2.44. The molecule has 20 heavy (non-hydrogen) atoms. The molecule has 1 saturated heterocycles. The van der Waals surface area contributed by atoms with Crippen molar-refractivity contribution in [2.24, 2.45) is 0 Å². The normalized spacial score (nSPS) is 17.4. The SMILES string of the molecule is CCC(C)NC(=O)c1ccc(N2CCCCCC2)cn1. The number of pyridine rings is 1. The number of anilines is 1. The summed E-state index contributed by atoms with van der Waals surface area (Å²) in [5.74, 6) is -0.0817. The lowest BCUT2D eigenvalue weighted by Gasteiger charge is -2.22. The summed E-state index contributed by atoms with van der Waals surface area (Å²) in [6.07, 6.45) is 7.89. The summed E-state index contributed by atoms with van der Waals surface area (Å²) >= 11 is 0. The lowest BCUT2D eigenvalue weighted by Crippen LogP contribution is -2.32. The van der Waals surface area contributed by atoms with Gasteiger partial charge in [-0.15, -0.1) is 0 Å². The Morgan fingerprint density at radius 3 is 2.55 bits per heavy atom. The minimum atomic E-state index is -0.0817. The molecule has 0 radical (unpaired) electrons. The maximum atomic E-state index is 12.0. The second-order valence-corrected chi connectivity index (χ2v) is 5.59. The van der Waals surface area contributed by atoms with Crippen LogP contribution in [-0.2, 0) is 0 Å². The van der Waals surface area contributed by atoms with Crippen LogP contribution in [0.1, 0.15) is 56.4 Å². The predicted molar refractivity (Wildman–Crippen MR) is 82.1 cm³/mol. The predicted octanol–water partition coefficient (Wildman–Crippen LogP) is 2.99. The van der Waals surface area contributed by atoms with Gasteiger partial charge in [0.25, 0.3) is 5.91 Å². The molecule has 2 rings (SSSR count). The van der Waals surface area contributed by atoms with Gasteiger partial charge >= 0.3 is 0 Å². The summed E-state index contributed by atoms with van der Waals surface area (Å²) in [6, 6.07) is 4.04. The van der Waals surface area contributed by atoms with E-state index < -0.39 is 0 Å². The van der Waals surface area contributed by atoms with E-state index in [0.717, 1.165) is 25.2 Å². The van der Waals surface area contributed by atoms with E-state index in [1.165, 1.54) is 25.7 Å². The van der Waals surface area contributed by atoms with Crippen LogP contribution in [0.15, 0.2) is 18.3 Å². The van der Waals surface area contributed by atoms with E-state index in [0.29, 0.717) is 5.69 Å². The summed E-state index contributed by atoms with van der Waals surface area (Å²) in [4.78, 5) is 18.7. The number of nitrogens with one attached hydrogen (secondary N) is 1. The summed E-state index contributed by atoms with van der Waals surface area (Å²) in [5.41, 5.74) is 1.64. The third-order valence-electron chi connectivity index (χ3n) is 3.94. The Bertz CT molecular complexity index is 422. The number of amides is 1. The molecule has 1 unspecified atom stereocenters. The van der Waals surface area contributed by atoms with Gasteiger partial charge in [0.15, 0.2) is 0 Å². The molecule has 1 aliphatic heterocycles. The first-order valence-electron chi connectivity index (χ1n) is 7.72. The van der Waals surface area contributed by atoms with Gasteiger partial charge in [-0.25, -0.2) is 4.98 Å². The topological polar surface area (TPSA) is 45.2 Å². The second kappa shape index (κ2) is 7.27. The molecule has 1 aromatic rings. The minimum absolute atomic E-state index is 0.0817. The van der Waals surface area contributed by atoms with Gasteiger partial charge in [0.05, 0.1) is 11.9 Å². The molecule has 0 aromatic carbocycles. The van der Waals surface area contributed by atoms with Crippen LogP contribution < -0.4 is 10.2 Å². The van der Waals surface area contributed by atoms with Gasteiger partial charge in [-0.1, -0.05) is 19.8 Å². The highest BCUT2D eigenvalue weighted by atomic mass is 16.1. The number of aromatic nitrogens is 1. The van der Waals surface area contributed by atoms with Gasteiger partial charge in [-0.3, -0.25) is 4.79 Å². The zero-order valence-electron chi connectivity index (χ0n) is 12.6. The Labute approximate surface area is 121 Å². The Morgan fingerprint density at radius 2 is 2.00 bits per heavy atom. The highest BCUT2D eigenvalue weighted by molar-refractivity contribution is 5.92. The number of hydrogen-bond donors (Lipinski definition) is 1. The first-order valence-corrected chi connectivity index (χ1v) is 7.72. The summed E-state index contributed by atoms with van der Waals surface area (Å²) in [5, 5.41) is 2.94. The Morgan fingerprint density at radius 1 is 1.30 bits per heavy atom. The summed E-state index contributed by atoms with van der Waals surface area (Å²) < 4.78 is 0. The minimum Gasteiger partial charge on any atom is -0.370 e. The molecule has 1 N–H and O–H groups in total. The van der Waals surface area contributed by atoms with Gasteiger partial charge in [-0.2, -0.15) is 0 Å². The molecule has 1 aromatic heterocycles. The monoisotopic (exact) mass is 275 g/mol. The van der Waals surface area contributed by atoms with Gasteiger partial charge in [0.1, 0.15) is 5.69 Å². The number of nitrogens with zero attached hydrogens (tertiary/aromatic N) is 2. The van der Waals surface area contributed by atoms with Crippen LogP contribution in [0.5, 0.6) is 0 Å². The van der Waals surface area contributed by atoms with Crippen LogP contribution in [0.3, 0.4) is 0 Å². The van der Waals surface area contributed by atoms with Crippen molar-refractivity contribution < 1.29 is 4.79 Å². The fourth-order valence-electron chi connectivity index (χ4n) is 2.44. The quantitative estimate of drug-likeness (QED) is 0.918.